The largest absolute Gasteiger partial charge is 0.0693 e. The Morgan fingerprint density at radius 3 is 1.90 bits per heavy atom. The minimum Gasteiger partial charge on any atom is -0.0693 e. The van der Waals surface area contributed by atoms with Crippen molar-refractivity contribution in [3.05, 3.63) is 60.2 Å². The van der Waals surface area contributed by atoms with E-state index in [-0.39, 0.29) is 0 Å². The van der Waals surface area contributed by atoms with E-state index < -0.39 is 8.07 Å². The lowest BCUT2D eigenvalue weighted by molar-refractivity contribution is 1.34. The van der Waals surface area contributed by atoms with E-state index >= 15 is 0 Å². The van der Waals surface area contributed by atoms with Crippen LogP contribution in [-0.2, 0) is 6.04 Å². The quantitative estimate of drug-likeness (QED) is 0.313. The second-order valence-corrected chi connectivity index (χ2v) is 12.8. The molecule has 0 atom stereocenters. The van der Waals surface area contributed by atoms with Gasteiger partial charge in [-0.05, 0) is 43.9 Å². The van der Waals surface area contributed by atoms with Gasteiger partial charge in [0.1, 0.15) is 0 Å². The van der Waals surface area contributed by atoms with Crippen molar-refractivity contribution < 1.29 is 0 Å². The Hall–Kier alpha value is -1.86. The lowest BCUT2D eigenvalue weighted by atomic mass is 9.92. The van der Waals surface area contributed by atoms with Gasteiger partial charge < -0.3 is 0 Å². The second-order valence-electron chi connectivity index (χ2n) is 7.32. The minimum atomic E-state index is -1.11. The van der Waals surface area contributed by atoms with Crippen LogP contribution in [0.25, 0.3) is 32.3 Å². The first-order valence-corrected chi connectivity index (χ1v) is 11.4. The summed E-state index contributed by atoms with van der Waals surface area (Å²) in [6.07, 6.45) is 0. The van der Waals surface area contributed by atoms with E-state index in [4.69, 9.17) is 0 Å². The van der Waals surface area contributed by atoms with Crippen molar-refractivity contribution in [2.45, 2.75) is 25.7 Å². The SMILES string of the molecule is C[Si](C)(C)Cc1ccc2ccc3cccc4ccc1c2c34. The maximum atomic E-state index is 2.45. The molecule has 0 saturated carbocycles. The highest BCUT2D eigenvalue weighted by atomic mass is 28.3. The smallest absolute Gasteiger partial charge is 0.0487 e. The highest BCUT2D eigenvalue weighted by molar-refractivity contribution is 6.75. The van der Waals surface area contributed by atoms with Gasteiger partial charge in [0, 0.05) is 8.07 Å². The fraction of sp³-hybridized carbons (Fsp3) is 0.200. The summed E-state index contributed by atoms with van der Waals surface area (Å²) in [5.74, 6) is 0. The summed E-state index contributed by atoms with van der Waals surface area (Å²) in [5, 5.41) is 8.44. The molecule has 0 saturated heterocycles. The molecule has 0 bridgehead atoms. The summed E-state index contributed by atoms with van der Waals surface area (Å²) in [4.78, 5) is 0. The molecule has 0 unspecified atom stereocenters. The number of rotatable bonds is 2. The van der Waals surface area contributed by atoms with Gasteiger partial charge >= 0.3 is 0 Å². The standard InChI is InChI=1S/C20H20Si/c1-21(2,3)13-17-10-9-16-8-7-14-5-4-6-15-11-12-18(17)20(16)19(14)15/h4-12H,13H2,1-3H3. The molecule has 0 aliphatic rings. The molecule has 0 aliphatic heterocycles. The van der Waals surface area contributed by atoms with Crippen LogP contribution in [0.5, 0.6) is 0 Å². The molecule has 0 aliphatic carbocycles. The minimum absolute atomic E-state index is 1.11. The van der Waals surface area contributed by atoms with Gasteiger partial charge in [-0.3, -0.25) is 0 Å². The molecule has 0 spiro atoms. The molecular weight excluding hydrogens is 268 g/mol. The monoisotopic (exact) mass is 288 g/mol. The van der Waals surface area contributed by atoms with Crippen LogP contribution in [0.3, 0.4) is 0 Å². The maximum absolute atomic E-state index is 2.45. The first kappa shape index (κ1) is 12.8. The summed E-state index contributed by atoms with van der Waals surface area (Å²) in [6.45, 7) is 7.35. The van der Waals surface area contributed by atoms with Crippen LogP contribution in [0.4, 0.5) is 0 Å². The van der Waals surface area contributed by atoms with E-state index in [0.29, 0.717) is 0 Å². The predicted octanol–water partition coefficient (Wildman–Crippen LogP) is 6.00. The van der Waals surface area contributed by atoms with Crippen molar-refractivity contribution in [2.75, 3.05) is 0 Å². The molecular formula is C20H20Si. The second kappa shape index (κ2) is 4.31. The van der Waals surface area contributed by atoms with Gasteiger partial charge in [-0.15, -0.1) is 0 Å². The average Bonchev–Trinajstić information content (AvgIpc) is 2.45. The van der Waals surface area contributed by atoms with E-state index in [0.717, 1.165) is 0 Å². The normalized spacial score (nSPS) is 12.7. The Morgan fingerprint density at radius 2 is 1.24 bits per heavy atom. The van der Waals surface area contributed by atoms with Crippen LogP contribution in [0.15, 0.2) is 54.6 Å². The number of hydrogen-bond donors (Lipinski definition) is 0. The van der Waals surface area contributed by atoms with Crippen molar-refractivity contribution in [1.82, 2.24) is 0 Å². The van der Waals surface area contributed by atoms with Gasteiger partial charge in [0.25, 0.3) is 0 Å². The molecule has 21 heavy (non-hydrogen) atoms. The van der Waals surface area contributed by atoms with Gasteiger partial charge in [0.05, 0.1) is 0 Å². The van der Waals surface area contributed by atoms with Crippen LogP contribution in [-0.4, -0.2) is 8.07 Å². The molecule has 4 rings (SSSR count). The summed E-state index contributed by atoms with van der Waals surface area (Å²) in [7, 11) is -1.11. The zero-order chi connectivity index (χ0) is 14.6. The summed E-state index contributed by atoms with van der Waals surface area (Å²) < 4.78 is 0. The van der Waals surface area contributed by atoms with Crippen LogP contribution in [0, 0.1) is 0 Å². The molecule has 104 valence electrons. The Kier molecular flexibility index (Phi) is 2.64. The van der Waals surface area contributed by atoms with Gasteiger partial charge in [0.2, 0.25) is 0 Å². The highest BCUT2D eigenvalue weighted by Crippen LogP contribution is 2.36. The Balaban J connectivity index is 2.15. The molecule has 0 fully saturated rings. The third-order valence-electron chi connectivity index (χ3n) is 4.34. The van der Waals surface area contributed by atoms with Crippen LogP contribution < -0.4 is 0 Å². The first-order valence-electron chi connectivity index (χ1n) is 7.68. The molecule has 0 aromatic heterocycles. The van der Waals surface area contributed by atoms with Crippen LogP contribution in [0.2, 0.25) is 19.6 Å². The molecule has 0 amide bonds. The van der Waals surface area contributed by atoms with Crippen molar-refractivity contribution in [3.8, 4) is 0 Å². The van der Waals surface area contributed by atoms with E-state index in [1.54, 1.807) is 0 Å². The van der Waals surface area contributed by atoms with E-state index in [2.05, 4.69) is 74.2 Å². The lowest BCUT2D eigenvalue weighted by Crippen LogP contribution is -2.23. The van der Waals surface area contributed by atoms with Crippen molar-refractivity contribution in [2.24, 2.45) is 0 Å². The van der Waals surface area contributed by atoms with Gasteiger partial charge in [-0.1, -0.05) is 74.2 Å². The highest BCUT2D eigenvalue weighted by Gasteiger charge is 2.17. The van der Waals surface area contributed by atoms with Crippen LogP contribution >= 0.6 is 0 Å². The van der Waals surface area contributed by atoms with E-state index in [9.17, 15) is 0 Å². The fourth-order valence-corrected chi connectivity index (χ4v) is 4.97. The van der Waals surface area contributed by atoms with Crippen LogP contribution in [0.1, 0.15) is 5.56 Å². The summed E-state index contributed by atoms with van der Waals surface area (Å²) >= 11 is 0. The molecule has 1 heteroatoms. The Morgan fingerprint density at radius 1 is 0.667 bits per heavy atom. The summed E-state index contributed by atoms with van der Waals surface area (Å²) in [6, 6.07) is 21.7. The fourth-order valence-electron chi connectivity index (χ4n) is 3.52. The Bertz CT molecular complexity index is 929. The topological polar surface area (TPSA) is 0 Å². The molecule has 0 N–H and O–H groups in total. The lowest BCUT2D eigenvalue weighted by Gasteiger charge is -2.19. The van der Waals surface area contributed by atoms with Gasteiger partial charge in [0.15, 0.2) is 0 Å². The molecule has 4 aromatic rings. The zero-order valence-corrected chi connectivity index (χ0v) is 13.9. The van der Waals surface area contributed by atoms with Crippen molar-refractivity contribution in [1.29, 1.82) is 0 Å². The average molecular weight is 288 g/mol. The molecule has 0 heterocycles. The summed E-state index contributed by atoms with van der Waals surface area (Å²) in [5.41, 5.74) is 1.53. The van der Waals surface area contributed by atoms with Gasteiger partial charge in [-0.25, -0.2) is 0 Å². The zero-order valence-electron chi connectivity index (χ0n) is 12.9. The van der Waals surface area contributed by atoms with E-state index in [1.165, 1.54) is 43.9 Å². The molecule has 4 aromatic carbocycles. The maximum Gasteiger partial charge on any atom is 0.0487 e. The molecule has 0 nitrogen and oxygen atoms in total. The van der Waals surface area contributed by atoms with Crippen molar-refractivity contribution >= 4 is 40.4 Å². The van der Waals surface area contributed by atoms with Gasteiger partial charge in [-0.2, -0.15) is 0 Å². The number of benzene rings is 4. The van der Waals surface area contributed by atoms with Crippen molar-refractivity contribution in [3.63, 3.8) is 0 Å². The molecule has 0 radical (unpaired) electrons. The van der Waals surface area contributed by atoms with E-state index in [1.807, 2.05) is 0 Å². The third kappa shape index (κ3) is 2.04. The first-order chi connectivity index (χ1) is 10.0. The third-order valence-corrected chi connectivity index (χ3v) is 5.78. The Labute approximate surface area is 126 Å². The predicted molar refractivity (Wildman–Crippen MR) is 97.2 cm³/mol. The number of hydrogen-bond acceptors (Lipinski definition) is 0.